The Labute approximate surface area is 165 Å². The number of nitrogens with one attached hydrogen (secondary N) is 1. The largest absolute Gasteiger partial charge is 0.339 e. The third kappa shape index (κ3) is 3.26. The van der Waals surface area contributed by atoms with Gasteiger partial charge in [-0.1, -0.05) is 29.4 Å². The fourth-order valence-corrected chi connectivity index (χ4v) is 4.37. The summed E-state index contributed by atoms with van der Waals surface area (Å²) in [7, 11) is 0. The molecule has 0 radical (unpaired) electrons. The van der Waals surface area contributed by atoms with E-state index in [-0.39, 0.29) is 12.4 Å². The first-order valence-corrected chi connectivity index (χ1v) is 9.38. The van der Waals surface area contributed by atoms with Crippen LogP contribution < -0.4 is 5.32 Å². The zero-order chi connectivity index (χ0) is 17.5. The fraction of sp³-hybridized carbons (Fsp3) is 0.381. The highest BCUT2D eigenvalue weighted by Gasteiger charge is 2.26. The van der Waals surface area contributed by atoms with Crippen LogP contribution in [-0.4, -0.2) is 21.7 Å². The summed E-state index contributed by atoms with van der Waals surface area (Å²) in [6.45, 7) is 3.87. The van der Waals surface area contributed by atoms with Crippen molar-refractivity contribution >= 4 is 12.4 Å². The molecule has 27 heavy (non-hydrogen) atoms. The van der Waals surface area contributed by atoms with Gasteiger partial charge in [0.2, 0.25) is 11.7 Å². The lowest BCUT2D eigenvalue weighted by atomic mass is 9.95. The van der Waals surface area contributed by atoms with Gasteiger partial charge in [-0.05, 0) is 60.9 Å². The van der Waals surface area contributed by atoms with Crippen LogP contribution >= 0.6 is 12.4 Å². The Morgan fingerprint density at radius 1 is 1.19 bits per heavy atom. The van der Waals surface area contributed by atoms with Crippen molar-refractivity contribution in [3.05, 3.63) is 64.3 Å². The molecule has 0 saturated heterocycles. The van der Waals surface area contributed by atoms with E-state index in [2.05, 4.69) is 39.7 Å². The lowest BCUT2D eigenvalue weighted by Gasteiger charge is -2.19. The molecule has 0 spiro atoms. The molecule has 1 unspecified atom stereocenters. The minimum Gasteiger partial charge on any atom is -0.339 e. The molecule has 2 aromatic heterocycles. The molecule has 0 saturated carbocycles. The van der Waals surface area contributed by atoms with Crippen molar-refractivity contribution in [3.8, 4) is 11.4 Å². The Balaban J connectivity index is 0.00000180. The van der Waals surface area contributed by atoms with Gasteiger partial charge in [0.1, 0.15) is 0 Å². The fourth-order valence-electron chi connectivity index (χ4n) is 4.37. The maximum absolute atomic E-state index is 5.64. The number of halogens is 1. The zero-order valence-corrected chi connectivity index (χ0v) is 16.2. The molecule has 3 aromatic rings. The van der Waals surface area contributed by atoms with Gasteiger partial charge in [-0.15, -0.1) is 12.4 Å². The van der Waals surface area contributed by atoms with E-state index in [1.165, 1.54) is 22.3 Å². The van der Waals surface area contributed by atoms with E-state index in [4.69, 9.17) is 9.51 Å². The molecule has 1 aliphatic carbocycles. The lowest BCUT2D eigenvalue weighted by Crippen LogP contribution is -2.24. The van der Waals surface area contributed by atoms with E-state index in [1.54, 1.807) is 0 Å². The number of pyridine rings is 1. The first-order chi connectivity index (χ1) is 12.8. The predicted octanol–water partition coefficient (Wildman–Crippen LogP) is 3.78. The lowest BCUT2D eigenvalue weighted by molar-refractivity contribution is 0.369. The molecule has 0 bridgehead atoms. The van der Waals surface area contributed by atoms with Gasteiger partial charge in [-0.3, -0.25) is 4.98 Å². The molecule has 2 aliphatic rings. The summed E-state index contributed by atoms with van der Waals surface area (Å²) < 4.78 is 5.64. The van der Waals surface area contributed by atoms with Crippen LogP contribution in [0.4, 0.5) is 0 Å². The summed E-state index contributed by atoms with van der Waals surface area (Å²) in [5, 5.41) is 7.70. The highest BCUT2D eigenvalue weighted by molar-refractivity contribution is 5.85. The van der Waals surface area contributed by atoms with Crippen molar-refractivity contribution in [2.45, 2.75) is 45.1 Å². The highest BCUT2D eigenvalue weighted by atomic mass is 35.5. The van der Waals surface area contributed by atoms with E-state index in [0.717, 1.165) is 55.9 Å². The molecule has 0 amide bonds. The second-order valence-corrected chi connectivity index (χ2v) is 7.30. The number of aryl methyl sites for hydroxylation is 2. The molecule has 3 heterocycles. The van der Waals surface area contributed by atoms with Crippen molar-refractivity contribution in [3.63, 3.8) is 0 Å². The number of benzene rings is 1. The Bertz CT molecular complexity index is 969. The second kappa shape index (κ2) is 7.41. The van der Waals surface area contributed by atoms with Crippen LogP contribution in [0, 0.1) is 6.92 Å². The van der Waals surface area contributed by atoms with Crippen LogP contribution in [0.3, 0.4) is 0 Å². The minimum absolute atomic E-state index is 0. The van der Waals surface area contributed by atoms with Crippen LogP contribution in [0.25, 0.3) is 11.4 Å². The van der Waals surface area contributed by atoms with Crippen molar-refractivity contribution in [2.75, 3.05) is 6.54 Å². The van der Waals surface area contributed by atoms with Gasteiger partial charge in [-0.2, -0.15) is 4.98 Å². The SMILES string of the molecule is Cc1ncc2c(c1-c1noc(CC3CCc4ccccc43)n1)CCNC2.Cl. The summed E-state index contributed by atoms with van der Waals surface area (Å²) in [6, 6.07) is 8.71. The molecule has 5 nitrogen and oxygen atoms in total. The van der Waals surface area contributed by atoms with Crippen LogP contribution in [0.2, 0.25) is 0 Å². The molecule has 6 heteroatoms. The van der Waals surface area contributed by atoms with Gasteiger partial charge in [0.15, 0.2) is 0 Å². The van der Waals surface area contributed by atoms with Gasteiger partial charge in [0.05, 0.1) is 0 Å². The van der Waals surface area contributed by atoms with Crippen molar-refractivity contribution in [2.24, 2.45) is 0 Å². The second-order valence-electron chi connectivity index (χ2n) is 7.30. The quantitative estimate of drug-likeness (QED) is 0.746. The maximum atomic E-state index is 5.64. The summed E-state index contributed by atoms with van der Waals surface area (Å²) in [5.74, 6) is 1.90. The molecule has 1 aromatic carbocycles. The smallest absolute Gasteiger partial charge is 0.227 e. The van der Waals surface area contributed by atoms with E-state index < -0.39 is 0 Å². The standard InChI is InChI=1S/C21H22N4O.ClH/c1-13-20(18-8-9-22-11-16(18)12-23-13)21-24-19(26-25-21)10-15-7-6-14-4-2-3-5-17(14)15;/h2-5,12,15,22H,6-11H2,1H3;1H. The number of hydrogen-bond acceptors (Lipinski definition) is 5. The first-order valence-electron chi connectivity index (χ1n) is 9.38. The number of rotatable bonds is 3. The molecular weight excluding hydrogens is 360 g/mol. The van der Waals surface area contributed by atoms with Crippen molar-refractivity contribution in [1.29, 1.82) is 0 Å². The Morgan fingerprint density at radius 3 is 3.00 bits per heavy atom. The van der Waals surface area contributed by atoms with E-state index in [1.807, 2.05) is 13.1 Å². The summed E-state index contributed by atoms with van der Waals surface area (Å²) in [5.41, 5.74) is 7.49. The normalized spacial score (nSPS) is 17.9. The number of aromatic nitrogens is 3. The van der Waals surface area contributed by atoms with Crippen LogP contribution in [-0.2, 0) is 25.8 Å². The predicted molar refractivity (Wildman–Crippen MR) is 106 cm³/mol. The van der Waals surface area contributed by atoms with Crippen LogP contribution in [0.15, 0.2) is 35.0 Å². The number of hydrogen-bond donors (Lipinski definition) is 1. The van der Waals surface area contributed by atoms with Gasteiger partial charge >= 0.3 is 0 Å². The Morgan fingerprint density at radius 2 is 2.07 bits per heavy atom. The topological polar surface area (TPSA) is 63.8 Å². The molecule has 5 rings (SSSR count). The Hall–Kier alpha value is -2.24. The summed E-state index contributed by atoms with van der Waals surface area (Å²) in [6.07, 6.45) is 6.06. The van der Waals surface area contributed by atoms with E-state index in [9.17, 15) is 0 Å². The van der Waals surface area contributed by atoms with Gasteiger partial charge < -0.3 is 9.84 Å². The van der Waals surface area contributed by atoms with Gasteiger partial charge in [0, 0.05) is 30.4 Å². The average molecular weight is 383 g/mol. The molecule has 1 aliphatic heterocycles. The molecule has 1 N–H and O–H groups in total. The van der Waals surface area contributed by atoms with Crippen LogP contribution in [0.5, 0.6) is 0 Å². The molecule has 1 atom stereocenters. The maximum Gasteiger partial charge on any atom is 0.227 e. The molecular formula is C21H23ClN4O. The van der Waals surface area contributed by atoms with Gasteiger partial charge in [0.25, 0.3) is 0 Å². The average Bonchev–Trinajstić information content (AvgIpc) is 3.30. The minimum atomic E-state index is 0. The molecule has 140 valence electrons. The monoisotopic (exact) mass is 382 g/mol. The van der Waals surface area contributed by atoms with E-state index in [0.29, 0.717) is 11.7 Å². The highest BCUT2D eigenvalue weighted by Crippen LogP contribution is 2.35. The molecule has 0 fully saturated rings. The number of fused-ring (bicyclic) bond motifs is 2. The van der Waals surface area contributed by atoms with Crippen molar-refractivity contribution < 1.29 is 4.52 Å². The third-order valence-electron chi connectivity index (χ3n) is 5.70. The van der Waals surface area contributed by atoms with Crippen LogP contribution in [0.1, 0.15) is 46.2 Å². The third-order valence-corrected chi connectivity index (χ3v) is 5.70. The summed E-state index contributed by atoms with van der Waals surface area (Å²) in [4.78, 5) is 9.30. The number of nitrogens with zero attached hydrogens (tertiary/aromatic N) is 3. The summed E-state index contributed by atoms with van der Waals surface area (Å²) >= 11 is 0. The van der Waals surface area contributed by atoms with E-state index >= 15 is 0 Å². The Kier molecular flexibility index (Phi) is 4.98. The van der Waals surface area contributed by atoms with Gasteiger partial charge in [-0.25, -0.2) is 0 Å². The van der Waals surface area contributed by atoms with Crippen molar-refractivity contribution in [1.82, 2.24) is 20.4 Å². The zero-order valence-electron chi connectivity index (χ0n) is 15.4. The first kappa shape index (κ1) is 18.1.